The summed E-state index contributed by atoms with van der Waals surface area (Å²) >= 11 is 11.9. The SMILES string of the molecule is O=C(NC[C@H](c1ccco1)N1CCCCC1)Nc1ccc(Cl)c(Cl)c1. The highest BCUT2D eigenvalue weighted by Crippen LogP contribution is 2.26. The fourth-order valence-electron chi connectivity index (χ4n) is 3.06. The summed E-state index contributed by atoms with van der Waals surface area (Å²) in [5.74, 6) is 0.872. The van der Waals surface area contributed by atoms with Crippen LogP contribution in [0.5, 0.6) is 0 Å². The zero-order chi connectivity index (χ0) is 17.6. The van der Waals surface area contributed by atoms with Crippen molar-refractivity contribution in [2.45, 2.75) is 25.3 Å². The Labute approximate surface area is 157 Å². The van der Waals surface area contributed by atoms with Gasteiger partial charge in [0.2, 0.25) is 0 Å². The topological polar surface area (TPSA) is 57.5 Å². The van der Waals surface area contributed by atoms with Crippen LogP contribution in [0.4, 0.5) is 10.5 Å². The fraction of sp³-hybridized carbons (Fsp3) is 0.389. The van der Waals surface area contributed by atoms with Crippen molar-refractivity contribution in [3.05, 3.63) is 52.4 Å². The van der Waals surface area contributed by atoms with Crippen LogP contribution in [0.2, 0.25) is 10.0 Å². The summed E-state index contributed by atoms with van der Waals surface area (Å²) in [6, 6.07) is 8.57. The Morgan fingerprint density at radius 3 is 2.64 bits per heavy atom. The molecule has 7 heteroatoms. The molecule has 0 saturated carbocycles. The van der Waals surface area contributed by atoms with Crippen molar-refractivity contribution in [2.24, 2.45) is 0 Å². The predicted molar refractivity (Wildman–Crippen MR) is 100 cm³/mol. The molecule has 0 radical (unpaired) electrons. The minimum absolute atomic E-state index is 0.0369. The van der Waals surface area contributed by atoms with E-state index >= 15 is 0 Å². The first-order chi connectivity index (χ1) is 12.1. The van der Waals surface area contributed by atoms with E-state index in [4.69, 9.17) is 27.6 Å². The summed E-state index contributed by atoms with van der Waals surface area (Å²) in [7, 11) is 0. The summed E-state index contributed by atoms with van der Waals surface area (Å²) in [6.45, 7) is 2.50. The standard InChI is InChI=1S/C18H21Cl2N3O2/c19-14-7-6-13(11-15(14)20)22-18(24)21-12-16(17-5-4-10-25-17)23-8-2-1-3-9-23/h4-7,10-11,16H,1-3,8-9,12H2,(H2,21,22,24)/t16-/m1/s1. The van der Waals surface area contributed by atoms with E-state index < -0.39 is 0 Å². The highest BCUT2D eigenvalue weighted by Gasteiger charge is 2.24. The summed E-state index contributed by atoms with van der Waals surface area (Å²) in [5, 5.41) is 6.55. The van der Waals surface area contributed by atoms with E-state index in [0.717, 1.165) is 18.8 Å². The molecule has 0 aliphatic carbocycles. The number of benzene rings is 1. The second kappa shape index (κ2) is 8.61. The number of carbonyl (C=O) groups excluding carboxylic acids is 1. The van der Waals surface area contributed by atoms with Crippen LogP contribution in [0.3, 0.4) is 0 Å². The molecule has 0 spiro atoms. The van der Waals surface area contributed by atoms with Crippen molar-refractivity contribution in [1.29, 1.82) is 0 Å². The molecule has 1 atom stereocenters. The van der Waals surface area contributed by atoms with Gasteiger partial charge in [-0.15, -0.1) is 0 Å². The van der Waals surface area contributed by atoms with Crippen molar-refractivity contribution >= 4 is 34.9 Å². The summed E-state index contributed by atoms with van der Waals surface area (Å²) in [4.78, 5) is 14.6. The normalized spacial score (nSPS) is 16.4. The monoisotopic (exact) mass is 381 g/mol. The highest BCUT2D eigenvalue weighted by molar-refractivity contribution is 6.42. The van der Waals surface area contributed by atoms with Crippen molar-refractivity contribution in [1.82, 2.24) is 10.2 Å². The molecule has 2 N–H and O–H groups in total. The van der Waals surface area contributed by atoms with Gasteiger partial charge >= 0.3 is 6.03 Å². The third-order valence-corrected chi connectivity index (χ3v) is 5.08. The van der Waals surface area contributed by atoms with Crippen molar-refractivity contribution < 1.29 is 9.21 Å². The number of likely N-dealkylation sites (tertiary alicyclic amines) is 1. The first-order valence-electron chi connectivity index (χ1n) is 8.41. The van der Waals surface area contributed by atoms with Crippen LogP contribution in [0, 0.1) is 0 Å². The molecule has 1 aromatic carbocycles. The van der Waals surface area contributed by atoms with Crippen LogP contribution < -0.4 is 10.6 Å². The van der Waals surface area contributed by atoms with E-state index in [1.54, 1.807) is 24.5 Å². The molecule has 2 heterocycles. The van der Waals surface area contributed by atoms with Gasteiger partial charge in [-0.25, -0.2) is 4.79 Å². The lowest BCUT2D eigenvalue weighted by Crippen LogP contribution is -2.41. The Balaban J connectivity index is 1.60. The van der Waals surface area contributed by atoms with Crippen LogP contribution >= 0.6 is 23.2 Å². The molecule has 25 heavy (non-hydrogen) atoms. The largest absolute Gasteiger partial charge is 0.468 e. The molecule has 1 fully saturated rings. The lowest BCUT2D eigenvalue weighted by Gasteiger charge is -2.33. The molecule has 0 unspecified atom stereocenters. The molecule has 134 valence electrons. The molecule has 3 rings (SSSR count). The van der Waals surface area contributed by atoms with Gasteiger partial charge in [0.25, 0.3) is 0 Å². The van der Waals surface area contributed by atoms with Crippen molar-refractivity contribution in [3.8, 4) is 0 Å². The van der Waals surface area contributed by atoms with Gasteiger partial charge in [0.15, 0.2) is 0 Å². The van der Waals surface area contributed by atoms with Gasteiger partial charge in [-0.05, 0) is 56.3 Å². The Hall–Kier alpha value is -1.69. The molecule has 1 saturated heterocycles. The van der Waals surface area contributed by atoms with Crippen LogP contribution in [-0.4, -0.2) is 30.6 Å². The average molecular weight is 382 g/mol. The number of hydrogen-bond acceptors (Lipinski definition) is 3. The van der Waals surface area contributed by atoms with Gasteiger partial charge in [-0.1, -0.05) is 29.6 Å². The van der Waals surface area contributed by atoms with Crippen LogP contribution in [0.15, 0.2) is 41.0 Å². The zero-order valence-electron chi connectivity index (χ0n) is 13.8. The molecule has 1 aliphatic heterocycles. The van der Waals surface area contributed by atoms with Crippen molar-refractivity contribution in [3.63, 3.8) is 0 Å². The number of piperidine rings is 1. The maximum absolute atomic E-state index is 12.2. The minimum Gasteiger partial charge on any atom is -0.468 e. The number of furan rings is 1. The smallest absolute Gasteiger partial charge is 0.319 e. The number of anilines is 1. The molecule has 1 aliphatic rings. The summed E-state index contributed by atoms with van der Waals surface area (Å²) in [6.07, 6.45) is 5.27. The number of urea groups is 1. The first-order valence-corrected chi connectivity index (χ1v) is 9.16. The lowest BCUT2D eigenvalue weighted by atomic mass is 10.1. The Bertz CT molecular complexity index is 700. The lowest BCUT2D eigenvalue weighted by molar-refractivity contribution is 0.144. The highest BCUT2D eigenvalue weighted by atomic mass is 35.5. The van der Waals surface area contributed by atoms with Crippen LogP contribution in [0.1, 0.15) is 31.1 Å². The van der Waals surface area contributed by atoms with E-state index in [2.05, 4.69) is 15.5 Å². The van der Waals surface area contributed by atoms with Crippen LogP contribution in [0.25, 0.3) is 0 Å². The average Bonchev–Trinajstić information content (AvgIpc) is 3.14. The van der Waals surface area contributed by atoms with Gasteiger partial charge in [-0.2, -0.15) is 0 Å². The van der Waals surface area contributed by atoms with Gasteiger partial charge in [0.1, 0.15) is 5.76 Å². The third-order valence-electron chi connectivity index (χ3n) is 4.34. The Morgan fingerprint density at radius 1 is 1.16 bits per heavy atom. The molecule has 2 aromatic rings. The second-order valence-electron chi connectivity index (χ2n) is 6.09. The second-order valence-corrected chi connectivity index (χ2v) is 6.91. The number of nitrogens with zero attached hydrogens (tertiary/aromatic N) is 1. The van der Waals surface area contributed by atoms with Crippen LogP contribution in [-0.2, 0) is 0 Å². The van der Waals surface area contributed by atoms with E-state index in [9.17, 15) is 4.79 Å². The van der Waals surface area contributed by atoms with E-state index in [0.29, 0.717) is 22.3 Å². The van der Waals surface area contributed by atoms with Crippen molar-refractivity contribution in [2.75, 3.05) is 25.0 Å². The number of carbonyl (C=O) groups is 1. The van der Waals surface area contributed by atoms with E-state index in [1.165, 1.54) is 19.3 Å². The van der Waals surface area contributed by atoms with Gasteiger partial charge < -0.3 is 15.1 Å². The minimum atomic E-state index is -0.285. The van der Waals surface area contributed by atoms with E-state index in [1.807, 2.05) is 12.1 Å². The van der Waals surface area contributed by atoms with E-state index in [-0.39, 0.29) is 12.1 Å². The van der Waals surface area contributed by atoms with Gasteiger partial charge in [0, 0.05) is 12.2 Å². The quantitative estimate of drug-likeness (QED) is 0.771. The van der Waals surface area contributed by atoms with Gasteiger partial charge in [-0.3, -0.25) is 4.90 Å². The first kappa shape index (κ1) is 18.1. The number of amides is 2. The molecule has 1 aromatic heterocycles. The summed E-state index contributed by atoms with van der Waals surface area (Å²) in [5.41, 5.74) is 0.597. The number of halogens is 2. The third kappa shape index (κ3) is 4.91. The molecule has 5 nitrogen and oxygen atoms in total. The molecule has 2 amide bonds. The molecular formula is C18H21Cl2N3O2. The number of rotatable bonds is 5. The summed E-state index contributed by atoms with van der Waals surface area (Å²) < 4.78 is 5.58. The Morgan fingerprint density at radius 2 is 1.96 bits per heavy atom. The fourth-order valence-corrected chi connectivity index (χ4v) is 3.36. The maximum atomic E-state index is 12.2. The maximum Gasteiger partial charge on any atom is 0.319 e. The molecule has 0 bridgehead atoms. The zero-order valence-corrected chi connectivity index (χ0v) is 15.3. The molecular weight excluding hydrogens is 361 g/mol. The van der Waals surface area contributed by atoms with Gasteiger partial charge in [0.05, 0.1) is 22.4 Å². The number of nitrogens with one attached hydrogen (secondary N) is 2. The number of hydrogen-bond donors (Lipinski definition) is 2. The predicted octanol–water partition coefficient (Wildman–Crippen LogP) is 4.94. The Kier molecular flexibility index (Phi) is 6.24.